The Kier molecular flexibility index (Phi) is 4.15. The van der Waals surface area contributed by atoms with Gasteiger partial charge in [-0.05, 0) is 18.8 Å². The van der Waals surface area contributed by atoms with Crippen molar-refractivity contribution >= 4 is 24.3 Å². The second-order valence-electron chi connectivity index (χ2n) is 4.42. The minimum absolute atomic E-state index is 0. The van der Waals surface area contributed by atoms with Crippen molar-refractivity contribution in [1.29, 1.82) is 0 Å². The molecule has 5 nitrogen and oxygen atoms in total. The summed E-state index contributed by atoms with van der Waals surface area (Å²) in [6, 6.07) is -0.406. The molecule has 2 rings (SSSR count). The highest BCUT2D eigenvalue weighted by Gasteiger charge is 2.50. The standard InChI is InChI=1S/C10H17N3O2.ClH/c11-6-10(7-4-2-1-3-5-7)8(14)12-9(15)13-10;/h7H,1-6,11H2,(H2,12,13,14,15);1H. The van der Waals surface area contributed by atoms with E-state index >= 15 is 0 Å². The molecule has 0 aromatic carbocycles. The Bertz CT molecular complexity index is 292. The van der Waals surface area contributed by atoms with E-state index in [0.29, 0.717) is 0 Å². The van der Waals surface area contributed by atoms with Crippen molar-refractivity contribution in [3.8, 4) is 0 Å². The lowest BCUT2D eigenvalue weighted by Gasteiger charge is -2.36. The first-order valence-corrected chi connectivity index (χ1v) is 5.53. The molecule has 0 spiro atoms. The molecule has 1 saturated heterocycles. The highest BCUT2D eigenvalue weighted by Crippen LogP contribution is 2.33. The summed E-state index contributed by atoms with van der Waals surface area (Å²) in [5.74, 6) is -0.0513. The van der Waals surface area contributed by atoms with Gasteiger partial charge >= 0.3 is 6.03 Å². The third-order valence-electron chi connectivity index (χ3n) is 3.59. The number of amides is 3. The van der Waals surface area contributed by atoms with E-state index in [-0.39, 0.29) is 30.8 Å². The maximum absolute atomic E-state index is 11.8. The number of carbonyl (C=O) groups is 2. The van der Waals surface area contributed by atoms with Gasteiger partial charge in [-0.1, -0.05) is 19.3 Å². The fourth-order valence-corrected chi connectivity index (χ4v) is 2.70. The summed E-state index contributed by atoms with van der Waals surface area (Å²) in [5, 5.41) is 5.00. The second-order valence-corrected chi connectivity index (χ2v) is 4.42. The van der Waals surface area contributed by atoms with Crippen molar-refractivity contribution in [3.05, 3.63) is 0 Å². The molecule has 3 amide bonds. The predicted octanol–water partition coefficient (Wildman–Crippen LogP) is 0.525. The van der Waals surface area contributed by atoms with E-state index in [1.54, 1.807) is 0 Å². The van der Waals surface area contributed by atoms with E-state index in [2.05, 4.69) is 10.6 Å². The topological polar surface area (TPSA) is 84.2 Å². The zero-order valence-corrected chi connectivity index (χ0v) is 9.94. The van der Waals surface area contributed by atoms with Crippen molar-refractivity contribution in [2.45, 2.75) is 37.6 Å². The molecule has 4 N–H and O–H groups in total. The van der Waals surface area contributed by atoms with Gasteiger partial charge in [0.05, 0.1) is 0 Å². The van der Waals surface area contributed by atoms with Gasteiger partial charge in [0.25, 0.3) is 5.91 Å². The number of hydrogen-bond donors (Lipinski definition) is 3. The van der Waals surface area contributed by atoms with Gasteiger partial charge in [-0.25, -0.2) is 4.79 Å². The van der Waals surface area contributed by atoms with E-state index in [0.717, 1.165) is 25.7 Å². The number of rotatable bonds is 2. The van der Waals surface area contributed by atoms with E-state index in [1.165, 1.54) is 6.42 Å². The van der Waals surface area contributed by atoms with Crippen LogP contribution in [0.2, 0.25) is 0 Å². The molecule has 1 atom stereocenters. The number of halogens is 1. The van der Waals surface area contributed by atoms with Crippen LogP contribution in [0, 0.1) is 5.92 Å². The summed E-state index contributed by atoms with van der Waals surface area (Å²) >= 11 is 0. The number of urea groups is 1. The summed E-state index contributed by atoms with van der Waals surface area (Å²) in [7, 11) is 0. The molecule has 6 heteroatoms. The lowest BCUT2D eigenvalue weighted by atomic mass is 9.74. The van der Waals surface area contributed by atoms with Crippen LogP contribution < -0.4 is 16.4 Å². The average molecular weight is 248 g/mol. The summed E-state index contributed by atoms with van der Waals surface area (Å²) in [4.78, 5) is 22.9. The first-order chi connectivity index (χ1) is 7.19. The molecule has 1 saturated carbocycles. The number of carbonyl (C=O) groups excluding carboxylic acids is 2. The summed E-state index contributed by atoms with van der Waals surface area (Å²) in [6.45, 7) is 0.190. The Hall–Kier alpha value is -0.810. The van der Waals surface area contributed by atoms with Crippen LogP contribution in [0.4, 0.5) is 4.79 Å². The lowest BCUT2D eigenvalue weighted by Crippen LogP contribution is -2.58. The molecule has 1 aliphatic carbocycles. The number of imide groups is 1. The monoisotopic (exact) mass is 247 g/mol. The van der Waals surface area contributed by atoms with Gasteiger partial charge in [-0.2, -0.15) is 0 Å². The van der Waals surface area contributed by atoms with Crippen LogP contribution in [0.5, 0.6) is 0 Å². The van der Waals surface area contributed by atoms with Crippen molar-refractivity contribution in [2.24, 2.45) is 11.7 Å². The maximum atomic E-state index is 11.8. The summed E-state index contributed by atoms with van der Waals surface area (Å²) in [6.07, 6.45) is 5.41. The Morgan fingerprint density at radius 1 is 1.25 bits per heavy atom. The molecule has 0 aromatic heterocycles. The molecule has 0 radical (unpaired) electrons. The number of nitrogens with one attached hydrogen (secondary N) is 2. The molecule has 1 unspecified atom stereocenters. The lowest BCUT2D eigenvalue weighted by molar-refractivity contribution is -0.126. The molecule has 2 fully saturated rings. The summed E-state index contributed by atoms with van der Waals surface area (Å²) in [5.41, 5.74) is 4.84. The van der Waals surface area contributed by atoms with Crippen LogP contribution in [0.3, 0.4) is 0 Å². The Labute approximate surface area is 101 Å². The number of nitrogens with two attached hydrogens (primary N) is 1. The van der Waals surface area contributed by atoms with Gasteiger partial charge in [0.2, 0.25) is 0 Å². The van der Waals surface area contributed by atoms with E-state index in [9.17, 15) is 9.59 Å². The maximum Gasteiger partial charge on any atom is 0.322 e. The molecule has 92 valence electrons. The zero-order chi connectivity index (χ0) is 10.9. The SMILES string of the molecule is Cl.NCC1(C2CCCCC2)NC(=O)NC1=O. The third kappa shape index (κ3) is 2.01. The van der Waals surface area contributed by atoms with Crippen LogP contribution in [0.15, 0.2) is 0 Å². The van der Waals surface area contributed by atoms with Crippen molar-refractivity contribution in [1.82, 2.24) is 10.6 Å². The second kappa shape index (κ2) is 5.01. The molecule has 16 heavy (non-hydrogen) atoms. The Morgan fingerprint density at radius 2 is 1.88 bits per heavy atom. The third-order valence-corrected chi connectivity index (χ3v) is 3.59. The van der Waals surface area contributed by atoms with Gasteiger partial charge in [0, 0.05) is 6.54 Å². The van der Waals surface area contributed by atoms with Crippen molar-refractivity contribution in [2.75, 3.05) is 6.54 Å². The van der Waals surface area contributed by atoms with Crippen LogP contribution in [-0.2, 0) is 4.79 Å². The van der Waals surface area contributed by atoms with Gasteiger partial charge in [-0.3, -0.25) is 10.1 Å². The molecule has 1 aliphatic heterocycles. The minimum Gasteiger partial charge on any atom is -0.328 e. The quantitative estimate of drug-likeness (QED) is 0.622. The molecule has 1 heterocycles. The Balaban J connectivity index is 0.00000128. The normalized spacial score (nSPS) is 30.6. The summed E-state index contributed by atoms with van der Waals surface area (Å²) < 4.78 is 0. The van der Waals surface area contributed by atoms with Crippen LogP contribution in [-0.4, -0.2) is 24.0 Å². The van der Waals surface area contributed by atoms with Crippen molar-refractivity contribution in [3.63, 3.8) is 0 Å². The Morgan fingerprint density at radius 3 is 2.31 bits per heavy atom. The van der Waals surface area contributed by atoms with E-state index in [1.807, 2.05) is 0 Å². The molecule has 2 aliphatic rings. The molecule has 0 bridgehead atoms. The molecular formula is C10H18ClN3O2. The fraction of sp³-hybridized carbons (Fsp3) is 0.800. The first kappa shape index (κ1) is 13.3. The average Bonchev–Trinajstić information content (AvgIpc) is 2.56. The van der Waals surface area contributed by atoms with Gasteiger partial charge < -0.3 is 11.1 Å². The predicted molar refractivity (Wildman–Crippen MR) is 62.3 cm³/mol. The molecule has 0 aromatic rings. The zero-order valence-electron chi connectivity index (χ0n) is 9.12. The van der Waals surface area contributed by atoms with Crippen LogP contribution in [0.25, 0.3) is 0 Å². The first-order valence-electron chi connectivity index (χ1n) is 5.53. The highest BCUT2D eigenvalue weighted by molar-refractivity contribution is 6.07. The number of hydrogen-bond acceptors (Lipinski definition) is 3. The van der Waals surface area contributed by atoms with E-state index in [4.69, 9.17) is 5.73 Å². The highest BCUT2D eigenvalue weighted by atomic mass is 35.5. The van der Waals surface area contributed by atoms with Gasteiger partial charge in [-0.15, -0.1) is 12.4 Å². The van der Waals surface area contributed by atoms with Crippen molar-refractivity contribution < 1.29 is 9.59 Å². The van der Waals surface area contributed by atoms with Crippen LogP contribution >= 0.6 is 12.4 Å². The minimum atomic E-state index is -0.836. The fourth-order valence-electron chi connectivity index (χ4n) is 2.70. The van der Waals surface area contributed by atoms with Gasteiger partial charge in [0.1, 0.15) is 5.54 Å². The van der Waals surface area contributed by atoms with E-state index < -0.39 is 11.6 Å². The van der Waals surface area contributed by atoms with Crippen LogP contribution in [0.1, 0.15) is 32.1 Å². The largest absolute Gasteiger partial charge is 0.328 e. The van der Waals surface area contributed by atoms with Gasteiger partial charge in [0.15, 0.2) is 0 Å². The molecular weight excluding hydrogens is 230 g/mol. The smallest absolute Gasteiger partial charge is 0.322 e.